The van der Waals surface area contributed by atoms with Crippen LogP contribution in [0.2, 0.25) is 0 Å². The fourth-order valence-corrected chi connectivity index (χ4v) is 3.24. The Bertz CT molecular complexity index is 426. The quantitative estimate of drug-likeness (QED) is 0.236. The summed E-state index contributed by atoms with van der Waals surface area (Å²) >= 11 is 0. The molecule has 0 saturated carbocycles. The Labute approximate surface area is 97.4 Å². The third-order valence-electron chi connectivity index (χ3n) is 1.93. The summed E-state index contributed by atoms with van der Waals surface area (Å²) in [6.07, 6.45) is 0. The molecule has 0 spiro atoms. The molecule has 0 fully saturated rings. The summed E-state index contributed by atoms with van der Waals surface area (Å²) in [7, 11) is -12.8. The Kier molecular flexibility index (Phi) is 4.16. The summed E-state index contributed by atoms with van der Waals surface area (Å²) in [6.45, 7) is 0. The van der Waals surface area contributed by atoms with Gasteiger partial charge in [0.1, 0.15) is 0 Å². The zero-order valence-electron chi connectivity index (χ0n) is 8.11. The Balaban J connectivity index is 6.57. The molecule has 0 bridgehead atoms. The van der Waals surface area contributed by atoms with Crippen molar-refractivity contribution in [1.29, 1.82) is 0 Å². The number of hydrogen-bond acceptors (Lipinski definition) is 6. The average molecular weight is 310 g/mol. The maximum absolute atomic E-state index is 10.8. The molecule has 0 aliphatic rings. The van der Waals surface area contributed by atoms with Crippen molar-refractivity contribution in [3.8, 4) is 0 Å². The molecule has 0 rings (SSSR count). The maximum Gasteiger partial charge on any atom is 0.373 e. The third-order valence-corrected chi connectivity index (χ3v) is 4.82. The van der Waals surface area contributed by atoms with Gasteiger partial charge in [0, 0.05) is 0 Å². The Morgan fingerprint density at radius 1 is 0.722 bits per heavy atom. The highest BCUT2D eigenvalue weighted by Crippen LogP contribution is 2.65. The van der Waals surface area contributed by atoms with Gasteiger partial charge in [-0.1, -0.05) is 0 Å². The lowest BCUT2D eigenvalue weighted by molar-refractivity contribution is -0.181. The van der Waals surface area contributed by atoms with E-state index < -0.39 is 37.8 Å². The van der Waals surface area contributed by atoms with Crippen LogP contribution in [0.4, 0.5) is 0 Å². The van der Waals surface area contributed by atoms with Crippen molar-refractivity contribution < 1.29 is 58.7 Å². The topological polar surface area (TPSA) is 230 Å². The second-order valence-electron chi connectivity index (χ2n) is 3.04. The molecular formula is C4H8O12P2. The van der Waals surface area contributed by atoms with Gasteiger partial charge in [-0.25, -0.2) is 9.59 Å². The van der Waals surface area contributed by atoms with Crippen molar-refractivity contribution in [2.75, 3.05) is 0 Å². The molecule has 0 heterocycles. The second-order valence-corrected chi connectivity index (χ2v) is 6.51. The van der Waals surface area contributed by atoms with E-state index in [4.69, 9.17) is 40.0 Å². The molecule has 0 aliphatic heterocycles. The van der Waals surface area contributed by atoms with Crippen molar-refractivity contribution in [2.45, 2.75) is 10.7 Å². The molecule has 0 amide bonds. The van der Waals surface area contributed by atoms with Crippen molar-refractivity contribution in [3.05, 3.63) is 0 Å². The molecule has 0 aromatic rings. The molecule has 2 atom stereocenters. The van der Waals surface area contributed by atoms with Crippen LogP contribution in [0, 0.1) is 0 Å². The number of rotatable bonds is 5. The van der Waals surface area contributed by atoms with Gasteiger partial charge in [-0.3, -0.25) is 9.13 Å². The lowest BCUT2D eigenvalue weighted by Crippen LogP contribution is -2.62. The molecule has 0 aromatic carbocycles. The van der Waals surface area contributed by atoms with Crippen molar-refractivity contribution >= 4 is 27.1 Å². The zero-order chi connectivity index (χ0) is 15.2. The van der Waals surface area contributed by atoms with E-state index in [1.165, 1.54) is 0 Å². The van der Waals surface area contributed by atoms with E-state index in [2.05, 4.69) is 0 Å². The van der Waals surface area contributed by atoms with Crippen molar-refractivity contribution in [2.24, 2.45) is 0 Å². The van der Waals surface area contributed by atoms with Crippen LogP contribution in [0.15, 0.2) is 0 Å². The predicted molar refractivity (Wildman–Crippen MR) is 49.3 cm³/mol. The van der Waals surface area contributed by atoms with Crippen LogP contribution in [0.3, 0.4) is 0 Å². The van der Waals surface area contributed by atoms with E-state index in [0.29, 0.717) is 0 Å². The first-order chi connectivity index (χ1) is 7.64. The highest BCUT2D eigenvalue weighted by Gasteiger charge is 2.78. The molecule has 0 aromatic heterocycles. The molecule has 2 unspecified atom stereocenters. The van der Waals surface area contributed by atoms with Gasteiger partial charge in [-0.05, 0) is 0 Å². The molecule has 106 valence electrons. The lowest BCUT2D eigenvalue weighted by Gasteiger charge is -2.36. The van der Waals surface area contributed by atoms with Gasteiger partial charge < -0.3 is 40.0 Å². The number of carboxylic acid groups (broad SMARTS) is 2. The number of carboxylic acids is 2. The highest BCUT2D eigenvalue weighted by atomic mass is 31.2. The van der Waals surface area contributed by atoms with Gasteiger partial charge in [0.05, 0.1) is 0 Å². The minimum Gasteiger partial charge on any atom is -0.478 e. The largest absolute Gasteiger partial charge is 0.478 e. The summed E-state index contributed by atoms with van der Waals surface area (Å²) in [4.78, 5) is 55.4. The van der Waals surface area contributed by atoms with Crippen molar-refractivity contribution in [1.82, 2.24) is 0 Å². The van der Waals surface area contributed by atoms with Crippen molar-refractivity contribution in [3.63, 3.8) is 0 Å². The van der Waals surface area contributed by atoms with E-state index in [1.54, 1.807) is 0 Å². The minimum atomic E-state index is -6.38. The SMILES string of the molecule is O=C(O)C(O)(C(O)(C(=O)O)P(=O)(O)O)P(=O)(O)O. The van der Waals surface area contributed by atoms with Crippen LogP contribution in [0.1, 0.15) is 0 Å². The standard InChI is InChI=1S/C4H8O12P2/c5-1(6)3(9,17(11,12)13)4(10,2(7)8)18(14,15)16/h9-10H,(H,5,6)(H,7,8)(H2,11,12,13)(H2,14,15,16). The van der Waals surface area contributed by atoms with Gasteiger partial charge in [-0.2, -0.15) is 0 Å². The second kappa shape index (κ2) is 4.37. The van der Waals surface area contributed by atoms with Crippen LogP contribution in [-0.2, 0) is 18.7 Å². The van der Waals surface area contributed by atoms with E-state index in [1.807, 2.05) is 0 Å². The van der Waals surface area contributed by atoms with Gasteiger partial charge in [0.15, 0.2) is 0 Å². The molecule has 0 aliphatic carbocycles. The molecule has 18 heavy (non-hydrogen) atoms. The number of hydrogen-bond donors (Lipinski definition) is 8. The Morgan fingerprint density at radius 2 is 0.889 bits per heavy atom. The fraction of sp³-hybridized carbons (Fsp3) is 0.500. The molecule has 0 saturated heterocycles. The third kappa shape index (κ3) is 2.09. The average Bonchev–Trinajstić information content (AvgIpc) is 2.10. The normalized spacial score (nSPS) is 19.7. The van der Waals surface area contributed by atoms with E-state index in [0.717, 1.165) is 0 Å². The van der Waals surface area contributed by atoms with Gasteiger partial charge in [0.2, 0.25) is 0 Å². The van der Waals surface area contributed by atoms with Crippen LogP contribution >= 0.6 is 15.2 Å². The molecular weight excluding hydrogens is 302 g/mol. The van der Waals surface area contributed by atoms with E-state index in [-0.39, 0.29) is 0 Å². The maximum atomic E-state index is 10.8. The summed E-state index contributed by atoms with van der Waals surface area (Å²) < 4.78 is 21.6. The first kappa shape index (κ1) is 17.2. The zero-order valence-corrected chi connectivity index (χ0v) is 9.89. The van der Waals surface area contributed by atoms with Gasteiger partial charge in [-0.15, -0.1) is 0 Å². The molecule has 14 heteroatoms. The van der Waals surface area contributed by atoms with Gasteiger partial charge in [0.25, 0.3) is 0 Å². The lowest BCUT2D eigenvalue weighted by atomic mass is 10.2. The Morgan fingerprint density at radius 3 is 0.944 bits per heavy atom. The van der Waals surface area contributed by atoms with E-state index in [9.17, 15) is 18.7 Å². The predicted octanol–water partition coefficient (Wildman–Crippen LogP) is -3.11. The van der Waals surface area contributed by atoms with Gasteiger partial charge >= 0.3 is 37.8 Å². The summed E-state index contributed by atoms with van der Waals surface area (Å²) in [6, 6.07) is 0. The monoisotopic (exact) mass is 310 g/mol. The minimum absolute atomic E-state index is 3.02. The van der Waals surface area contributed by atoms with Crippen LogP contribution in [0.25, 0.3) is 0 Å². The fourth-order valence-electron chi connectivity index (χ4n) is 0.954. The number of carbonyl (C=O) groups is 2. The smallest absolute Gasteiger partial charge is 0.373 e. The molecule has 0 radical (unpaired) electrons. The Hall–Kier alpha value is -0.840. The summed E-state index contributed by atoms with van der Waals surface area (Å²) in [5.74, 6) is -6.05. The molecule has 12 nitrogen and oxygen atoms in total. The van der Waals surface area contributed by atoms with Crippen LogP contribution in [0.5, 0.6) is 0 Å². The van der Waals surface area contributed by atoms with Crippen LogP contribution in [-0.4, -0.2) is 62.6 Å². The first-order valence-corrected chi connectivity index (χ1v) is 6.89. The van der Waals surface area contributed by atoms with E-state index >= 15 is 0 Å². The number of aliphatic hydroxyl groups is 2. The number of aliphatic carboxylic acids is 2. The molecule has 8 N–H and O–H groups in total. The summed E-state index contributed by atoms with van der Waals surface area (Å²) in [5.41, 5.74) is 0. The summed E-state index contributed by atoms with van der Waals surface area (Å²) in [5, 5.41) is 25.3. The highest BCUT2D eigenvalue weighted by molar-refractivity contribution is 7.60. The van der Waals surface area contributed by atoms with Crippen LogP contribution < -0.4 is 0 Å². The first-order valence-electron chi connectivity index (χ1n) is 3.67.